The molecule has 0 unspecified atom stereocenters. The number of pyridine rings is 1. The van der Waals surface area contributed by atoms with Crippen molar-refractivity contribution in [3.63, 3.8) is 0 Å². The maximum Gasteiger partial charge on any atom is 0.260 e. The number of hydrogen-bond acceptors (Lipinski definition) is 4. The molecule has 0 radical (unpaired) electrons. The van der Waals surface area contributed by atoms with E-state index in [9.17, 15) is 9.18 Å². The van der Waals surface area contributed by atoms with E-state index >= 15 is 0 Å². The van der Waals surface area contributed by atoms with Crippen molar-refractivity contribution in [3.8, 4) is 5.75 Å². The van der Waals surface area contributed by atoms with Crippen LogP contribution in [0.5, 0.6) is 5.75 Å². The molecular formula is C24H24FI2N3O2. The molecule has 2 aromatic carbocycles. The van der Waals surface area contributed by atoms with Gasteiger partial charge in [-0.15, -0.1) is 0 Å². The third kappa shape index (κ3) is 5.17. The van der Waals surface area contributed by atoms with E-state index in [2.05, 4.69) is 68.9 Å². The molecule has 3 aromatic rings. The Balaban J connectivity index is 1.41. The lowest BCUT2D eigenvalue weighted by molar-refractivity contribution is -0.139. The van der Waals surface area contributed by atoms with Crippen LogP contribution in [0.15, 0.2) is 48.7 Å². The van der Waals surface area contributed by atoms with Gasteiger partial charge < -0.3 is 9.64 Å². The van der Waals surface area contributed by atoms with Crippen molar-refractivity contribution in [1.82, 2.24) is 14.8 Å². The van der Waals surface area contributed by atoms with E-state index < -0.39 is 0 Å². The lowest BCUT2D eigenvalue weighted by Gasteiger charge is -2.44. The van der Waals surface area contributed by atoms with Crippen molar-refractivity contribution in [1.29, 1.82) is 0 Å². The number of benzene rings is 2. The SMILES string of the molecule is C[C@@H]1CN(Cc2ccc(F)cc2)[C@@H](C)CN1C(=O)COc1c(I)cc(I)c2cccnc12. The van der Waals surface area contributed by atoms with Crippen LogP contribution in [0.3, 0.4) is 0 Å². The molecule has 4 rings (SSSR count). The molecule has 8 heteroatoms. The molecule has 5 nitrogen and oxygen atoms in total. The van der Waals surface area contributed by atoms with Crippen LogP contribution in [-0.4, -0.2) is 52.5 Å². The number of carbonyl (C=O) groups excluding carboxylic acids is 1. The van der Waals surface area contributed by atoms with Gasteiger partial charge in [-0.3, -0.25) is 14.7 Å². The van der Waals surface area contributed by atoms with Gasteiger partial charge in [0.15, 0.2) is 12.4 Å². The number of rotatable bonds is 5. The van der Waals surface area contributed by atoms with Gasteiger partial charge in [0.2, 0.25) is 0 Å². The minimum atomic E-state index is -0.226. The molecule has 0 aliphatic carbocycles. The number of halogens is 3. The van der Waals surface area contributed by atoms with Gasteiger partial charge in [0.05, 0.1) is 3.57 Å². The average molecular weight is 659 g/mol. The Morgan fingerprint density at radius 3 is 2.62 bits per heavy atom. The summed E-state index contributed by atoms with van der Waals surface area (Å²) in [5, 5.41) is 1.02. The van der Waals surface area contributed by atoms with E-state index in [1.54, 1.807) is 6.20 Å². The fourth-order valence-electron chi connectivity index (χ4n) is 4.09. The number of aromatic nitrogens is 1. The van der Waals surface area contributed by atoms with Gasteiger partial charge in [0, 0.05) is 46.9 Å². The number of nitrogens with zero attached hydrogens (tertiary/aromatic N) is 3. The molecule has 1 aromatic heterocycles. The zero-order chi connectivity index (χ0) is 22.8. The number of ether oxygens (including phenoxy) is 1. The highest BCUT2D eigenvalue weighted by atomic mass is 127. The standard InChI is InChI=1S/C24H24FI2N3O2/c1-15-12-30(16(2)11-29(15)13-17-5-7-18(25)8-6-17)22(31)14-32-24-21(27)10-20(26)19-4-3-9-28-23(19)24/h3-10,15-16H,11-14H2,1-2H3/t15-,16+/m0/s1. The largest absolute Gasteiger partial charge is 0.480 e. The van der Waals surface area contributed by atoms with Crippen LogP contribution in [-0.2, 0) is 11.3 Å². The summed E-state index contributed by atoms with van der Waals surface area (Å²) in [6, 6.07) is 12.8. The first kappa shape index (κ1) is 23.6. The summed E-state index contributed by atoms with van der Waals surface area (Å²) in [7, 11) is 0. The second kappa shape index (κ2) is 10.2. The second-order valence-corrected chi connectivity index (χ2v) is 10.5. The first-order chi connectivity index (χ1) is 15.3. The van der Waals surface area contributed by atoms with Gasteiger partial charge in [-0.25, -0.2) is 4.39 Å². The highest BCUT2D eigenvalue weighted by Crippen LogP contribution is 2.33. The van der Waals surface area contributed by atoms with Gasteiger partial charge in [0.1, 0.15) is 11.3 Å². The molecule has 1 aliphatic rings. The molecule has 1 amide bonds. The molecule has 0 bridgehead atoms. The van der Waals surface area contributed by atoms with E-state index in [4.69, 9.17) is 4.74 Å². The Labute approximate surface area is 214 Å². The minimum absolute atomic E-state index is 0.0166. The predicted octanol–water partition coefficient (Wildman–Crippen LogP) is 5.08. The van der Waals surface area contributed by atoms with E-state index in [1.165, 1.54) is 12.1 Å². The lowest BCUT2D eigenvalue weighted by atomic mass is 10.1. The topological polar surface area (TPSA) is 45.7 Å². The molecular weight excluding hydrogens is 635 g/mol. The van der Waals surface area contributed by atoms with Crippen LogP contribution in [0.25, 0.3) is 10.9 Å². The summed E-state index contributed by atoms with van der Waals surface area (Å²) in [5.41, 5.74) is 1.85. The van der Waals surface area contributed by atoms with Crippen LogP contribution in [0, 0.1) is 13.0 Å². The zero-order valence-electron chi connectivity index (χ0n) is 17.9. The maximum atomic E-state index is 13.2. The Morgan fingerprint density at radius 1 is 1.12 bits per heavy atom. The molecule has 1 fully saturated rings. The first-order valence-electron chi connectivity index (χ1n) is 10.5. The molecule has 168 valence electrons. The van der Waals surface area contributed by atoms with Gasteiger partial charge in [-0.1, -0.05) is 18.2 Å². The molecule has 0 saturated carbocycles. The van der Waals surface area contributed by atoms with Crippen LogP contribution in [0.2, 0.25) is 0 Å². The minimum Gasteiger partial charge on any atom is -0.480 e. The molecule has 32 heavy (non-hydrogen) atoms. The number of amides is 1. The van der Waals surface area contributed by atoms with Gasteiger partial charge in [-0.05, 0) is 88.9 Å². The third-order valence-corrected chi connectivity index (χ3v) is 7.52. The monoisotopic (exact) mass is 659 g/mol. The Kier molecular flexibility index (Phi) is 7.51. The predicted molar refractivity (Wildman–Crippen MR) is 140 cm³/mol. The fraction of sp³-hybridized carbons (Fsp3) is 0.333. The first-order valence-corrected chi connectivity index (χ1v) is 12.6. The summed E-state index contributed by atoms with van der Waals surface area (Å²) in [6.45, 7) is 6.30. The molecule has 2 atom stereocenters. The molecule has 0 N–H and O–H groups in total. The van der Waals surface area contributed by atoms with Crippen LogP contribution in [0.1, 0.15) is 19.4 Å². The van der Waals surface area contributed by atoms with Crippen molar-refractivity contribution in [2.45, 2.75) is 32.5 Å². The number of carbonyl (C=O) groups is 1. The van der Waals surface area contributed by atoms with E-state index in [-0.39, 0.29) is 30.4 Å². The van der Waals surface area contributed by atoms with Crippen molar-refractivity contribution < 1.29 is 13.9 Å². The number of piperazine rings is 1. The second-order valence-electron chi connectivity index (χ2n) is 8.16. The number of fused-ring (bicyclic) bond motifs is 1. The molecule has 1 saturated heterocycles. The van der Waals surface area contributed by atoms with Crippen LogP contribution < -0.4 is 4.74 Å². The molecule has 2 heterocycles. The smallest absolute Gasteiger partial charge is 0.260 e. The number of hydrogen-bond donors (Lipinski definition) is 0. The summed E-state index contributed by atoms with van der Waals surface area (Å²) in [6.07, 6.45) is 1.74. The van der Waals surface area contributed by atoms with Gasteiger partial charge in [-0.2, -0.15) is 0 Å². The van der Waals surface area contributed by atoms with E-state index in [1.807, 2.05) is 35.2 Å². The van der Waals surface area contributed by atoms with Crippen molar-refractivity contribution in [2.75, 3.05) is 19.7 Å². The fourth-order valence-corrected chi connectivity index (χ4v) is 6.16. The normalized spacial score (nSPS) is 19.3. The van der Waals surface area contributed by atoms with Crippen LogP contribution in [0.4, 0.5) is 4.39 Å². The van der Waals surface area contributed by atoms with E-state index in [0.29, 0.717) is 12.3 Å². The Bertz CT molecular complexity index is 1130. The highest BCUT2D eigenvalue weighted by molar-refractivity contribution is 14.1. The quantitative estimate of drug-likeness (QED) is 0.359. The highest BCUT2D eigenvalue weighted by Gasteiger charge is 2.32. The molecule has 1 aliphatic heterocycles. The maximum absolute atomic E-state index is 13.2. The van der Waals surface area contributed by atoms with Crippen molar-refractivity contribution in [3.05, 3.63) is 67.2 Å². The summed E-state index contributed by atoms with van der Waals surface area (Å²) < 4.78 is 21.3. The molecule has 0 spiro atoms. The van der Waals surface area contributed by atoms with E-state index in [0.717, 1.165) is 36.7 Å². The van der Waals surface area contributed by atoms with Crippen molar-refractivity contribution >= 4 is 62.0 Å². The summed E-state index contributed by atoms with van der Waals surface area (Å²) in [5.74, 6) is 0.408. The summed E-state index contributed by atoms with van der Waals surface area (Å²) >= 11 is 4.53. The summed E-state index contributed by atoms with van der Waals surface area (Å²) in [4.78, 5) is 21.8. The van der Waals surface area contributed by atoms with Crippen LogP contribution >= 0.6 is 45.2 Å². The average Bonchev–Trinajstić information content (AvgIpc) is 2.77. The Hall–Kier alpha value is -1.53. The third-order valence-electron chi connectivity index (χ3n) is 5.82. The lowest BCUT2D eigenvalue weighted by Crippen LogP contribution is -2.58. The van der Waals surface area contributed by atoms with Gasteiger partial charge in [0.25, 0.3) is 5.91 Å². The van der Waals surface area contributed by atoms with Gasteiger partial charge >= 0.3 is 0 Å². The zero-order valence-corrected chi connectivity index (χ0v) is 22.2. The Morgan fingerprint density at radius 2 is 1.88 bits per heavy atom. The van der Waals surface area contributed by atoms with Crippen molar-refractivity contribution in [2.24, 2.45) is 0 Å².